The van der Waals surface area contributed by atoms with E-state index in [0.29, 0.717) is 28.4 Å². The number of nitrogens with one attached hydrogen (secondary N) is 1. The van der Waals surface area contributed by atoms with Crippen molar-refractivity contribution < 1.29 is 24.2 Å². The van der Waals surface area contributed by atoms with Gasteiger partial charge in [-0.3, -0.25) is 14.7 Å². The molecule has 1 amide bonds. The maximum Gasteiger partial charge on any atom is 0.232 e. The van der Waals surface area contributed by atoms with Crippen molar-refractivity contribution in [1.29, 1.82) is 5.26 Å². The van der Waals surface area contributed by atoms with Crippen molar-refractivity contribution in [3.05, 3.63) is 42.2 Å². The summed E-state index contributed by atoms with van der Waals surface area (Å²) in [5.74, 6) is 0.292. The van der Waals surface area contributed by atoms with Gasteiger partial charge in [-0.2, -0.15) is 10.2 Å². The lowest BCUT2D eigenvalue weighted by atomic mass is 10.1. The lowest BCUT2D eigenvalue weighted by Gasteiger charge is -2.40. The van der Waals surface area contributed by atoms with Crippen LogP contribution in [0.4, 0.5) is 5.95 Å². The van der Waals surface area contributed by atoms with Gasteiger partial charge in [0.25, 0.3) is 0 Å². The van der Waals surface area contributed by atoms with Crippen LogP contribution in [0.1, 0.15) is 39.0 Å². The minimum atomic E-state index is -2.36. The van der Waals surface area contributed by atoms with Gasteiger partial charge in [0.2, 0.25) is 11.9 Å². The Kier molecular flexibility index (Phi) is 9.28. The van der Waals surface area contributed by atoms with E-state index >= 15 is 0 Å². The standard InChI is InChI=1S/C27H36N6O5SSi/c1-27(2,3)40(4,5)38-22-21(36)18(15-34)37-25(22)33-16-29-20-23(33)31-26(32-24(20)39-13-9-12-28)30-19(35)14-17-10-7-6-8-11-17/h6-8,10-11,16,18,21-22,25,34,36H,9,13-15H2,1-5H3,(H,30,31,32,35)/t18-,21-,22-,25-/m1/s1. The lowest BCUT2D eigenvalue weighted by molar-refractivity contribution is -0.115. The highest BCUT2D eigenvalue weighted by Crippen LogP contribution is 2.42. The van der Waals surface area contributed by atoms with Crippen LogP contribution in [-0.2, 0) is 20.4 Å². The fraction of sp³-hybridized carbons (Fsp3) is 0.519. The minimum Gasteiger partial charge on any atom is -0.407 e. The molecule has 0 radical (unpaired) electrons. The van der Waals surface area contributed by atoms with E-state index in [1.807, 2.05) is 30.3 Å². The number of fused-ring (bicyclic) bond motifs is 1. The van der Waals surface area contributed by atoms with Gasteiger partial charge in [-0.05, 0) is 23.7 Å². The summed E-state index contributed by atoms with van der Waals surface area (Å²) < 4.78 is 14.4. The van der Waals surface area contributed by atoms with Crippen LogP contribution >= 0.6 is 11.8 Å². The van der Waals surface area contributed by atoms with Crippen molar-refractivity contribution in [1.82, 2.24) is 19.5 Å². The maximum absolute atomic E-state index is 12.8. The average molecular weight is 585 g/mol. The number of aliphatic hydroxyl groups is 2. The zero-order valence-electron chi connectivity index (χ0n) is 23.4. The number of aromatic nitrogens is 4. The van der Waals surface area contributed by atoms with E-state index < -0.39 is 32.9 Å². The first-order chi connectivity index (χ1) is 18.9. The lowest BCUT2D eigenvalue weighted by Crippen LogP contribution is -2.48. The first-order valence-electron chi connectivity index (χ1n) is 13.2. The molecule has 2 aromatic heterocycles. The van der Waals surface area contributed by atoms with E-state index in [0.717, 1.165) is 5.56 Å². The van der Waals surface area contributed by atoms with Crippen molar-refractivity contribution >= 4 is 43.1 Å². The monoisotopic (exact) mass is 584 g/mol. The molecule has 0 bridgehead atoms. The van der Waals surface area contributed by atoms with E-state index in [-0.39, 0.29) is 29.9 Å². The maximum atomic E-state index is 12.8. The zero-order chi connectivity index (χ0) is 29.1. The summed E-state index contributed by atoms with van der Waals surface area (Å²) in [6, 6.07) is 11.5. The Balaban J connectivity index is 1.72. The average Bonchev–Trinajstić information content (AvgIpc) is 3.44. The third-order valence-electron chi connectivity index (χ3n) is 7.30. The van der Waals surface area contributed by atoms with Crippen LogP contribution in [0.2, 0.25) is 18.1 Å². The summed E-state index contributed by atoms with van der Waals surface area (Å²) in [5, 5.41) is 33.2. The number of rotatable bonds is 10. The van der Waals surface area contributed by atoms with Crippen LogP contribution in [0.25, 0.3) is 11.2 Å². The summed E-state index contributed by atoms with van der Waals surface area (Å²) in [7, 11) is -2.36. The topological polar surface area (TPSA) is 155 Å². The molecule has 214 valence electrons. The second kappa shape index (κ2) is 12.3. The number of aliphatic hydroxyl groups excluding tert-OH is 2. The van der Waals surface area contributed by atoms with Crippen LogP contribution in [0.15, 0.2) is 41.7 Å². The van der Waals surface area contributed by atoms with Crippen molar-refractivity contribution in [2.24, 2.45) is 0 Å². The molecule has 13 heteroatoms. The number of nitrogens with zero attached hydrogens (tertiary/aromatic N) is 5. The molecule has 3 aromatic rings. The Labute approximate surface area is 239 Å². The number of carbonyl (C=O) groups is 1. The van der Waals surface area contributed by atoms with Crippen molar-refractivity contribution in [2.75, 3.05) is 17.7 Å². The SMILES string of the molecule is CC(C)(C)[Si](C)(C)O[C@@H]1[C@H](O)[C@@H](CO)O[C@H]1n1cnc2c(SCCC#N)nc(NC(=O)Cc3ccccc3)nc21. The highest BCUT2D eigenvalue weighted by Gasteiger charge is 2.50. The van der Waals surface area contributed by atoms with Crippen LogP contribution in [0.3, 0.4) is 0 Å². The molecule has 1 aromatic carbocycles. The van der Waals surface area contributed by atoms with Gasteiger partial charge in [0, 0.05) is 12.2 Å². The van der Waals surface area contributed by atoms with Crippen LogP contribution in [0.5, 0.6) is 0 Å². The summed E-state index contributed by atoms with van der Waals surface area (Å²) >= 11 is 1.34. The number of carbonyl (C=O) groups excluding carboxylic acids is 1. The van der Waals surface area contributed by atoms with E-state index in [1.165, 1.54) is 11.8 Å². The Morgan fingerprint density at radius 1 is 1.27 bits per heavy atom. The zero-order valence-corrected chi connectivity index (χ0v) is 25.2. The van der Waals surface area contributed by atoms with Gasteiger partial charge < -0.3 is 19.4 Å². The second-order valence-electron chi connectivity index (χ2n) is 11.2. The van der Waals surface area contributed by atoms with Gasteiger partial charge in [0.05, 0.1) is 25.4 Å². The van der Waals surface area contributed by atoms with Crippen molar-refractivity contribution in [3.63, 3.8) is 0 Å². The largest absolute Gasteiger partial charge is 0.407 e. The minimum absolute atomic E-state index is 0.0914. The molecule has 3 heterocycles. The number of ether oxygens (including phenoxy) is 1. The van der Waals surface area contributed by atoms with Gasteiger partial charge in [-0.15, -0.1) is 11.8 Å². The first kappa shape index (κ1) is 30.1. The molecule has 1 fully saturated rings. The molecule has 0 spiro atoms. The predicted octanol–water partition coefficient (Wildman–Crippen LogP) is 3.65. The smallest absolute Gasteiger partial charge is 0.232 e. The Morgan fingerprint density at radius 3 is 2.65 bits per heavy atom. The summed E-state index contributed by atoms with van der Waals surface area (Å²) in [6.07, 6.45) is -1.53. The van der Waals surface area contributed by atoms with Crippen LogP contribution in [-0.4, -0.2) is 74.6 Å². The summed E-state index contributed by atoms with van der Waals surface area (Å²) in [6.45, 7) is 10.1. The molecule has 0 aliphatic carbocycles. The molecule has 0 saturated carbocycles. The number of imidazole rings is 1. The molecule has 1 aliphatic heterocycles. The molecule has 1 aliphatic rings. The molecular weight excluding hydrogens is 548 g/mol. The molecule has 40 heavy (non-hydrogen) atoms. The number of hydrogen-bond acceptors (Lipinski definition) is 10. The second-order valence-corrected chi connectivity index (χ2v) is 17.1. The Hall–Kier alpha value is -2.86. The van der Waals surface area contributed by atoms with Crippen molar-refractivity contribution in [3.8, 4) is 6.07 Å². The number of hydrogen-bond donors (Lipinski definition) is 3. The number of benzene rings is 1. The summed E-state index contributed by atoms with van der Waals surface area (Å²) in [4.78, 5) is 26.5. The summed E-state index contributed by atoms with van der Waals surface area (Å²) in [5.41, 5.74) is 1.70. The Morgan fingerprint density at radius 2 is 2.00 bits per heavy atom. The number of anilines is 1. The molecular formula is C27H36N6O5SSi. The molecule has 1 saturated heterocycles. The third-order valence-corrected chi connectivity index (χ3v) is 12.7. The van der Waals surface area contributed by atoms with Crippen LogP contribution in [0, 0.1) is 11.3 Å². The highest BCUT2D eigenvalue weighted by atomic mass is 32.2. The Bertz CT molecular complexity index is 1370. The predicted molar refractivity (Wildman–Crippen MR) is 154 cm³/mol. The highest BCUT2D eigenvalue weighted by molar-refractivity contribution is 7.99. The van der Waals surface area contributed by atoms with E-state index in [9.17, 15) is 15.0 Å². The van der Waals surface area contributed by atoms with Gasteiger partial charge in [-0.1, -0.05) is 51.1 Å². The van der Waals surface area contributed by atoms with Gasteiger partial charge in [0.15, 0.2) is 20.2 Å². The number of nitriles is 1. The van der Waals surface area contributed by atoms with E-state index in [4.69, 9.17) is 14.4 Å². The van der Waals surface area contributed by atoms with Gasteiger partial charge in [-0.25, -0.2) is 9.97 Å². The van der Waals surface area contributed by atoms with E-state index in [1.54, 1.807) is 10.9 Å². The van der Waals surface area contributed by atoms with Crippen LogP contribution < -0.4 is 5.32 Å². The first-order valence-corrected chi connectivity index (χ1v) is 17.0. The number of thioether (sulfide) groups is 1. The molecule has 4 rings (SSSR count). The molecule has 11 nitrogen and oxygen atoms in total. The molecule has 0 unspecified atom stereocenters. The van der Waals surface area contributed by atoms with Gasteiger partial charge in [0.1, 0.15) is 28.9 Å². The number of amides is 1. The fourth-order valence-corrected chi connectivity index (χ4v) is 6.22. The normalized spacial score (nSPS) is 21.4. The fourth-order valence-electron chi connectivity index (χ4n) is 4.11. The molecule has 3 N–H and O–H groups in total. The quantitative estimate of drug-likeness (QED) is 0.139. The van der Waals surface area contributed by atoms with E-state index in [2.05, 4.69) is 60.2 Å². The third kappa shape index (κ3) is 6.54. The molecule has 4 atom stereocenters. The van der Waals surface area contributed by atoms with Crippen molar-refractivity contribution in [2.45, 2.75) is 81.3 Å². The van der Waals surface area contributed by atoms with Gasteiger partial charge >= 0.3 is 0 Å².